The molecule has 0 bridgehead atoms. The van der Waals surface area contributed by atoms with Crippen LogP contribution in [0.4, 0.5) is 0 Å². The van der Waals surface area contributed by atoms with Crippen LogP contribution in [-0.4, -0.2) is 0 Å². The Balaban J connectivity index is 2.09. The standard InChI is InChI=1S/C12H15NO/c13-10-12(5-2-1-3-6-12)8-11-4-7-14-9-11/h4,7,9H,1-3,5-6,8H2. The lowest BCUT2D eigenvalue weighted by atomic mass is 9.72. The summed E-state index contributed by atoms with van der Waals surface area (Å²) in [6, 6.07) is 4.48. The molecular weight excluding hydrogens is 174 g/mol. The maximum atomic E-state index is 9.26. The molecule has 1 saturated carbocycles. The summed E-state index contributed by atoms with van der Waals surface area (Å²) in [6.45, 7) is 0. The van der Waals surface area contributed by atoms with Crippen molar-refractivity contribution >= 4 is 0 Å². The summed E-state index contributed by atoms with van der Waals surface area (Å²) < 4.78 is 5.04. The Morgan fingerprint density at radius 3 is 2.71 bits per heavy atom. The number of furan rings is 1. The van der Waals surface area contributed by atoms with Gasteiger partial charge in [0.2, 0.25) is 0 Å². The van der Waals surface area contributed by atoms with Gasteiger partial charge in [0.15, 0.2) is 0 Å². The van der Waals surface area contributed by atoms with Crippen LogP contribution < -0.4 is 0 Å². The Morgan fingerprint density at radius 2 is 2.14 bits per heavy atom. The smallest absolute Gasteiger partial charge is 0.0935 e. The molecule has 1 aliphatic rings. The van der Waals surface area contributed by atoms with Crippen LogP contribution in [0.5, 0.6) is 0 Å². The molecule has 0 saturated heterocycles. The maximum absolute atomic E-state index is 9.26. The zero-order valence-corrected chi connectivity index (χ0v) is 8.33. The molecule has 2 rings (SSSR count). The molecule has 1 aromatic heterocycles. The third-order valence-corrected chi connectivity index (χ3v) is 3.17. The SMILES string of the molecule is N#CC1(Cc2ccoc2)CCCCC1. The quantitative estimate of drug-likeness (QED) is 0.715. The fraction of sp³-hybridized carbons (Fsp3) is 0.583. The number of nitrogens with zero attached hydrogens (tertiary/aromatic N) is 1. The van der Waals surface area contributed by atoms with E-state index in [1.165, 1.54) is 19.3 Å². The third-order valence-electron chi connectivity index (χ3n) is 3.17. The van der Waals surface area contributed by atoms with Crippen LogP contribution in [0.25, 0.3) is 0 Å². The van der Waals surface area contributed by atoms with Crippen molar-refractivity contribution in [3.8, 4) is 6.07 Å². The first-order chi connectivity index (χ1) is 6.85. The van der Waals surface area contributed by atoms with Crippen LogP contribution in [0.15, 0.2) is 23.0 Å². The second-order valence-electron chi connectivity index (χ2n) is 4.26. The fourth-order valence-electron chi connectivity index (χ4n) is 2.34. The highest BCUT2D eigenvalue weighted by Crippen LogP contribution is 2.38. The molecule has 1 heterocycles. The summed E-state index contributed by atoms with van der Waals surface area (Å²) >= 11 is 0. The highest BCUT2D eigenvalue weighted by atomic mass is 16.3. The Hall–Kier alpha value is -1.23. The van der Waals surface area contributed by atoms with E-state index in [4.69, 9.17) is 4.42 Å². The summed E-state index contributed by atoms with van der Waals surface area (Å²) in [5, 5.41) is 9.26. The predicted octanol–water partition coefficient (Wildman–Crippen LogP) is 3.30. The summed E-state index contributed by atoms with van der Waals surface area (Å²) in [5.41, 5.74) is 1.05. The second-order valence-corrected chi connectivity index (χ2v) is 4.26. The highest BCUT2D eigenvalue weighted by Gasteiger charge is 2.32. The van der Waals surface area contributed by atoms with E-state index in [1.54, 1.807) is 12.5 Å². The zero-order chi connectivity index (χ0) is 9.86. The Morgan fingerprint density at radius 1 is 1.36 bits per heavy atom. The van der Waals surface area contributed by atoms with E-state index < -0.39 is 0 Å². The Kier molecular flexibility index (Phi) is 2.58. The molecule has 14 heavy (non-hydrogen) atoms. The van der Waals surface area contributed by atoms with Crippen molar-refractivity contribution in [3.63, 3.8) is 0 Å². The Labute approximate surface area is 84.5 Å². The van der Waals surface area contributed by atoms with Crippen LogP contribution in [0.2, 0.25) is 0 Å². The molecule has 2 heteroatoms. The molecule has 0 N–H and O–H groups in total. The highest BCUT2D eigenvalue weighted by molar-refractivity contribution is 5.14. The van der Waals surface area contributed by atoms with Gasteiger partial charge in [-0.3, -0.25) is 0 Å². The van der Waals surface area contributed by atoms with Gasteiger partial charge < -0.3 is 4.42 Å². The average Bonchev–Trinajstić information content (AvgIpc) is 2.72. The van der Waals surface area contributed by atoms with Crippen molar-refractivity contribution in [2.45, 2.75) is 38.5 Å². The normalized spacial score (nSPS) is 20.2. The summed E-state index contributed by atoms with van der Waals surface area (Å²) in [6.07, 6.45) is 10.1. The monoisotopic (exact) mass is 189 g/mol. The molecule has 0 unspecified atom stereocenters. The number of hydrogen-bond donors (Lipinski definition) is 0. The summed E-state index contributed by atoms with van der Waals surface area (Å²) in [4.78, 5) is 0. The molecule has 1 fully saturated rings. The molecule has 2 nitrogen and oxygen atoms in total. The van der Waals surface area contributed by atoms with Gasteiger partial charge in [0, 0.05) is 0 Å². The minimum Gasteiger partial charge on any atom is -0.472 e. The van der Waals surface area contributed by atoms with Gasteiger partial charge in [0.1, 0.15) is 0 Å². The van der Waals surface area contributed by atoms with Gasteiger partial charge in [-0.25, -0.2) is 0 Å². The topological polar surface area (TPSA) is 36.9 Å². The molecule has 0 atom stereocenters. The van der Waals surface area contributed by atoms with Crippen LogP contribution >= 0.6 is 0 Å². The van der Waals surface area contributed by atoms with E-state index in [1.807, 2.05) is 6.07 Å². The predicted molar refractivity (Wildman–Crippen MR) is 53.5 cm³/mol. The van der Waals surface area contributed by atoms with Crippen molar-refractivity contribution in [2.24, 2.45) is 5.41 Å². The lowest BCUT2D eigenvalue weighted by Gasteiger charge is -2.30. The molecule has 0 amide bonds. The van der Waals surface area contributed by atoms with Gasteiger partial charge in [0.05, 0.1) is 24.0 Å². The van der Waals surface area contributed by atoms with Gasteiger partial charge in [0.25, 0.3) is 0 Å². The van der Waals surface area contributed by atoms with Crippen molar-refractivity contribution < 1.29 is 4.42 Å². The molecule has 74 valence electrons. The van der Waals surface area contributed by atoms with Crippen molar-refractivity contribution in [3.05, 3.63) is 24.2 Å². The first-order valence-corrected chi connectivity index (χ1v) is 5.27. The van der Waals surface area contributed by atoms with Gasteiger partial charge in [-0.1, -0.05) is 19.3 Å². The number of nitriles is 1. The molecule has 0 aromatic carbocycles. The molecule has 0 radical (unpaired) electrons. The fourth-order valence-corrected chi connectivity index (χ4v) is 2.34. The largest absolute Gasteiger partial charge is 0.472 e. The lowest BCUT2D eigenvalue weighted by Crippen LogP contribution is -2.24. The van der Waals surface area contributed by atoms with E-state index in [2.05, 4.69) is 6.07 Å². The average molecular weight is 189 g/mol. The number of rotatable bonds is 2. The number of hydrogen-bond acceptors (Lipinski definition) is 2. The minimum absolute atomic E-state index is 0.109. The van der Waals surface area contributed by atoms with Crippen molar-refractivity contribution in [1.82, 2.24) is 0 Å². The zero-order valence-electron chi connectivity index (χ0n) is 8.33. The van der Waals surface area contributed by atoms with Gasteiger partial charge >= 0.3 is 0 Å². The molecule has 1 aliphatic carbocycles. The van der Waals surface area contributed by atoms with Gasteiger partial charge in [-0.05, 0) is 30.9 Å². The van der Waals surface area contributed by atoms with E-state index in [9.17, 15) is 5.26 Å². The molecular formula is C12H15NO. The summed E-state index contributed by atoms with van der Waals surface area (Å²) in [5.74, 6) is 0. The van der Waals surface area contributed by atoms with E-state index >= 15 is 0 Å². The Bertz CT molecular complexity index is 315. The van der Waals surface area contributed by atoms with Crippen molar-refractivity contribution in [2.75, 3.05) is 0 Å². The van der Waals surface area contributed by atoms with E-state index in [0.29, 0.717) is 0 Å². The molecule has 0 spiro atoms. The molecule has 1 aromatic rings. The minimum atomic E-state index is -0.109. The second kappa shape index (κ2) is 3.88. The van der Waals surface area contributed by atoms with Crippen LogP contribution in [-0.2, 0) is 6.42 Å². The van der Waals surface area contributed by atoms with Crippen molar-refractivity contribution in [1.29, 1.82) is 5.26 Å². The maximum Gasteiger partial charge on any atom is 0.0935 e. The lowest BCUT2D eigenvalue weighted by molar-refractivity contribution is 0.265. The van der Waals surface area contributed by atoms with Gasteiger partial charge in [-0.15, -0.1) is 0 Å². The van der Waals surface area contributed by atoms with Gasteiger partial charge in [-0.2, -0.15) is 5.26 Å². The third kappa shape index (κ3) is 1.82. The van der Waals surface area contributed by atoms with Crippen LogP contribution in [0.1, 0.15) is 37.7 Å². The first-order valence-electron chi connectivity index (χ1n) is 5.27. The first kappa shape index (κ1) is 9.33. The van der Waals surface area contributed by atoms with Crippen LogP contribution in [0, 0.1) is 16.7 Å². The summed E-state index contributed by atoms with van der Waals surface area (Å²) in [7, 11) is 0. The van der Waals surface area contributed by atoms with Crippen LogP contribution in [0.3, 0.4) is 0 Å². The molecule has 0 aliphatic heterocycles. The van der Waals surface area contributed by atoms with E-state index in [0.717, 1.165) is 24.8 Å². The van der Waals surface area contributed by atoms with E-state index in [-0.39, 0.29) is 5.41 Å².